The van der Waals surface area contributed by atoms with Gasteiger partial charge in [-0.15, -0.1) is 6.42 Å². The molecule has 0 aliphatic heterocycles. The highest BCUT2D eigenvalue weighted by molar-refractivity contribution is 5.84. The average molecular weight is 262 g/mol. The number of hydrogen-bond acceptors (Lipinski definition) is 3. The number of rotatable bonds is 2. The molecule has 0 radical (unpaired) electrons. The first-order valence-corrected chi connectivity index (χ1v) is 5.88. The van der Waals surface area contributed by atoms with Crippen LogP contribution in [-0.2, 0) is 11.3 Å². The van der Waals surface area contributed by atoms with Crippen molar-refractivity contribution < 1.29 is 9.53 Å². The number of nitrogens with one attached hydrogen (secondary N) is 1. The fraction of sp³-hybridized carbons (Fsp3) is 0.429. The number of aryl methyl sites for hydroxylation is 1. The first kappa shape index (κ1) is 14.8. The summed E-state index contributed by atoms with van der Waals surface area (Å²) >= 11 is 0. The second-order valence-electron chi connectivity index (χ2n) is 5.11. The van der Waals surface area contributed by atoms with E-state index in [2.05, 4.69) is 11.2 Å². The van der Waals surface area contributed by atoms with Crippen LogP contribution in [0.1, 0.15) is 26.5 Å². The SMILES string of the molecule is C#CCn1c(C)ccc(NC(=O)OC(C)(C)C)c1=O. The van der Waals surface area contributed by atoms with Crippen molar-refractivity contribution in [1.82, 2.24) is 4.57 Å². The van der Waals surface area contributed by atoms with Gasteiger partial charge in [0.15, 0.2) is 0 Å². The molecule has 1 rings (SSSR count). The van der Waals surface area contributed by atoms with Crippen molar-refractivity contribution in [2.45, 2.75) is 39.8 Å². The van der Waals surface area contributed by atoms with Crippen molar-refractivity contribution in [1.29, 1.82) is 0 Å². The van der Waals surface area contributed by atoms with Crippen LogP contribution in [0.25, 0.3) is 0 Å². The first-order chi connectivity index (χ1) is 8.74. The van der Waals surface area contributed by atoms with Crippen LogP contribution in [-0.4, -0.2) is 16.3 Å². The number of anilines is 1. The van der Waals surface area contributed by atoms with Crippen molar-refractivity contribution in [2.24, 2.45) is 0 Å². The topological polar surface area (TPSA) is 60.3 Å². The molecule has 1 N–H and O–H groups in total. The fourth-order valence-corrected chi connectivity index (χ4v) is 1.47. The molecule has 5 heteroatoms. The Kier molecular flexibility index (Phi) is 4.38. The molecule has 1 heterocycles. The zero-order valence-corrected chi connectivity index (χ0v) is 11.6. The van der Waals surface area contributed by atoms with Crippen molar-refractivity contribution in [3.63, 3.8) is 0 Å². The Morgan fingerprint density at radius 2 is 2.11 bits per heavy atom. The molecule has 0 fully saturated rings. The molecular weight excluding hydrogens is 244 g/mol. The van der Waals surface area contributed by atoms with Crippen LogP contribution >= 0.6 is 0 Å². The van der Waals surface area contributed by atoms with Crippen LogP contribution in [0.15, 0.2) is 16.9 Å². The van der Waals surface area contributed by atoms with Gasteiger partial charge in [-0.3, -0.25) is 14.7 Å². The molecule has 19 heavy (non-hydrogen) atoms. The van der Waals surface area contributed by atoms with E-state index in [1.807, 2.05) is 0 Å². The molecule has 0 spiro atoms. The van der Waals surface area contributed by atoms with E-state index in [9.17, 15) is 9.59 Å². The number of terminal acetylenes is 1. The highest BCUT2D eigenvalue weighted by atomic mass is 16.6. The number of amides is 1. The van der Waals surface area contributed by atoms with Crippen molar-refractivity contribution in [3.8, 4) is 12.3 Å². The maximum atomic E-state index is 12.1. The van der Waals surface area contributed by atoms with E-state index in [1.54, 1.807) is 33.8 Å². The zero-order valence-electron chi connectivity index (χ0n) is 11.6. The lowest BCUT2D eigenvalue weighted by atomic mass is 10.2. The average Bonchev–Trinajstić information content (AvgIpc) is 2.26. The van der Waals surface area contributed by atoms with E-state index < -0.39 is 11.7 Å². The minimum atomic E-state index is -0.666. The molecule has 0 unspecified atom stereocenters. The second-order valence-corrected chi connectivity index (χ2v) is 5.11. The molecule has 5 nitrogen and oxygen atoms in total. The summed E-state index contributed by atoms with van der Waals surface area (Å²) < 4.78 is 6.50. The Morgan fingerprint density at radius 3 is 2.63 bits per heavy atom. The molecule has 1 amide bonds. The van der Waals surface area contributed by atoms with Gasteiger partial charge in [0.2, 0.25) is 0 Å². The predicted molar refractivity (Wildman–Crippen MR) is 74.1 cm³/mol. The standard InChI is InChI=1S/C14H18N2O3/c1-6-9-16-10(2)7-8-11(12(16)17)15-13(18)19-14(3,4)5/h1,7-8H,9H2,2-5H3,(H,15,18). The summed E-state index contributed by atoms with van der Waals surface area (Å²) in [7, 11) is 0. The molecule has 102 valence electrons. The van der Waals surface area contributed by atoms with E-state index in [-0.39, 0.29) is 17.8 Å². The monoisotopic (exact) mass is 262 g/mol. The largest absolute Gasteiger partial charge is 0.444 e. The van der Waals surface area contributed by atoms with Crippen LogP contribution in [0, 0.1) is 19.3 Å². The lowest BCUT2D eigenvalue weighted by Gasteiger charge is -2.19. The lowest BCUT2D eigenvalue weighted by molar-refractivity contribution is 0.0635. The highest BCUT2D eigenvalue weighted by Crippen LogP contribution is 2.09. The Labute approximate surface area is 112 Å². The van der Waals surface area contributed by atoms with Gasteiger partial charge in [0.05, 0.1) is 6.54 Å². The molecule has 0 aromatic carbocycles. The number of aromatic nitrogens is 1. The smallest absolute Gasteiger partial charge is 0.412 e. The molecule has 0 aliphatic carbocycles. The summed E-state index contributed by atoms with van der Waals surface area (Å²) in [5, 5.41) is 2.43. The lowest BCUT2D eigenvalue weighted by Crippen LogP contribution is -2.31. The third kappa shape index (κ3) is 4.18. The molecule has 1 aromatic heterocycles. The molecule has 0 saturated carbocycles. The first-order valence-electron chi connectivity index (χ1n) is 5.88. The quantitative estimate of drug-likeness (QED) is 0.831. The van der Waals surface area contributed by atoms with Gasteiger partial charge in [0.25, 0.3) is 5.56 Å². The van der Waals surface area contributed by atoms with E-state index in [0.29, 0.717) is 0 Å². The van der Waals surface area contributed by atoms with Gasteiger partial charge in [-0.05, 0) is 39.8 Å². The summed E-state index contributed by atoms with van der Waals surface area (Å²) in [4.78, 5) is 23.7. The Hall–Kier alpha value is -2.22. The van der Waals surface area contributed by atoms with E-state index in [4.69, 9.17) is 11.2 Å². The molecule has 0 atom stereocenters. The molecule has 0 aliphatic rings. The maximum Gasteiger partial charge on any atom is 0.412 e. The minimum Gasteiger partial charge on any atom is -0.444 e. The number of carbonyl (C=O) groups is 1. The number of nitrogens with zero attached hydrogens (tertiary/aromatic N) is 1. The molecular formula is C14H18N2O3. The van der Waals surface area contributed by atoms with Gasteiger partial charge in [0.1, 0.15) is 11.3 Å². The highest BCUT2D eigenvalue weighted by Gasteiger charge is 2.17. The second kappa shape index (κ2) is 5.61. The Bertz CT molecular complexity index is 574. The van der Waals surface area contributed by atoms with E-state index >= 15 is 0 Å². The minimum absolute atomic E-state index is 0.148. The van der Waals surface area contributed by atoms with Gasteiger partial charge in [-0.25, -0.2) is 4.79 Å². The van der Waals surface area contributed by atoms with E-state index in [0.717, 1.165) is 5.69 Å². The molecule has 1 aromatic rings. The van der Waals surface area contributed by atoms with Gasteiger partial charge < -0.3 is 4.74 Å². The van der Waals surface area contributed by atoms with Crippen LogP contribution in [0.3, 0.4) is 0 Å². The maximum absolute atomic E-state index is 12.1. The summed E-state index contributed by atoms with van der Waals surface area (Å²) in [6, 6.07) is 3.25. The van der Waals surface area contributed by atoms with Crippen LogP contribution in [0.4, 0.5) is 10.5 Å². The summed E-state index contributed by atoms with van der Waals surface area (Å²) in [5.74, 6) is 2.40. The van der Waals surface area contributed by atoms with Crippen molar-refractivity contribution >= 4 is 11.8 Å². The van der Waals surface area contributed by atoms with Gasteiger partial charge in [-0.1, -0.05) is 5.92 Å². The van der Waals surface area contributed by atoms with E-state index in [1.165, 1.54) is 10.6 Å². The fourth-order valence-electron chi connectivity index (χ4n) is 1.47. The number of carbonyl (C=O) groups excluding carboxylic acids is 1. The van der Waals surface area contributed by atoms with Crippen LogP contribution in [0.5, 0.6) is 0 Å². The Morgan fingerprint density at radius 1 is 1.47 bits per heavy atom. The van der Waals surface area contributed by atoms with Crippen LogP contribution in [0.2, 0.25) is 0 Å². The number of ether oxygens (including phenoxy) is 1. The van der Waals surface area contributed by atoms with Crippen LogP contribution < -0.4 is 10.9 Å². The Balaban J connectivity index is 2.98. The van der Waals surface area contributed by atoms with Gasteiger partial charge >= 0.3 is 6.09 Å². The molecule has 0 saturated heterocycles. The zero-order chi connectivity index (χ0) is 14.6. The number of pyridine rings is 1. The summed E-state index contributed by atoms with van der Waals surface area (Å²) in [6.45, 7) is 7.18. The van der Waals surface area contributed by atoms with Crippen molar-refractivity contribution in [3.05, 3.63) is 28.2 Å². The number of hydrogen-bond donors (Lipinski definition) is 1. The predicted octanol–water partition coefficient (Wildman–Crippen LogP) is 2.14. The summed E-state index contributed by atoms with van der Waals surface area (Å²) in [6.07, 6.45) is 4.55. The van der Waals surface area contributed by atoms with Gasteiger partial charge in [0, 0.05) is 5.69 Å². The summed E-state index contributed by atoms with van der Waals surface area (Å²) in [5.41, 5.74) is -0.0799. The third-order valence-electron chi connectivity index (χ3n) is 2.28. The normalized spacial score (nSPS) is 10.7. The third-order valence-corrected chi connectivity index (χ3v) is 2.28. The molecule has 0 bridgehead atoms. The van der Waals surface area contributed by atoms with Crippen molar-refractivity contribution in [2.75, 3.05) is 5.32 Å². The van der Waals surface area contributed by atoms with Gasteiger partial charge in [-0.2, -0.15) is 0 Å².